The highest BCUT2D eigenvalue weighted by Crippen LogP contribution is 2.24. The number of nitrogens with zero attached hydrogens (tertiary/aromatic N) is 1. The molecule has 2 atom stereocenters. The lowest BCUT2D eigenvalue weighted by Gasteiger charge is -2.29. The van der Waals surface area contributed by atoms with E-state index in [2.05, 4.69) is 0 Å². The molecule has 98 valence electrons. The highest BCUT2D eigenvalue weighted by atomic mass is 32.2. The summed E-state index contributed by atoms with van der Waals surface area (Å²) < 4.78 is 45.4. The Labute approximate surface area is 101 Å². The van der Waals surface area contributed by atoms with Gasteiger partial charge in [-0.15, -0.1) is 0 Å². The SMILES string of the molecule is O=CN(C1CCS(=O)(=O)C1)C1CCS(=O)(=O)C1. The molecule has 0 aromatic heterocycles. The maximum Gasteiger partial charge on any atom is 0.210 e. The summed E-state index contributed by atoms with van der Waals surface area (Å²) in [5, 5.41) is 0. The first-order valence-electron chi connectivity index (χ1n) is 5.46. The number of hydrogen-bond acceptors (Lipinski definition) is 5. The Morgan fingerprint density at radius 1 is 0.882 bits per heavy atom. The average molecular weight is 281 g/mol. The van der Waals surface area contributed by atoms with Crippen molar-refractivity contribution in [2.75, 3.05) is 23.0 Å². The van der Waals surface area contributed by atoms with Crippen molar-refractivity contribution < 1.29 is 21.6 Å². The summed E-state index contributed by atoms with van der Waals surface area (Å²) in [6.45, 7) is 0. The van der Waals surface area contributed by atoms with Crippen molar-refractivity contribution in [3.63, 3.8) is 0 Å². The van der Waals surface area contributed by atoms with Crippen molar-refractivity contribution in [3.05, 3.63) is 0 Å². The number of carbonyl (C=O) groups is 1. The van der Waals surface area contributed by atoms with E-state index < -0.39 is 19.7 Å². The molecule has 2 heterocycles. The third-order valence-corrected chi connectivity index (χ3v) is 6.88. The highest BCUT2D eigenvalue weighted by Gasteiger charge is 2.39. The average Bonchev–Trinajstić information content (AvgIpc) is 2.72. The van der Waals surface area contributed by atoms with Crippen LogP contribution in [0.5, 0.6) is 0 Å². The van der Waals surface area contributed by atoms with E-state index in [4.69, 9.17) is 0 Å². The number of hydrogen-bond donors (Lipinski definition) is 0. The van der Waals surface area contributed by atoms with Gasteiger partial charge in [0.15, 0.2) is 19.7 Å². The topological polar surface area (TPSA) is 88.6 Å². The van der Waals surface area contributed by atoms with Gasteiger partial charge in [0.05, 0.1) is 23.0 Å². The Hall–Kier alpha value is -0.630. The number of sulfone groups is 2. The van der Waals surface area contributed by atoms with E-state index in [1.54, 1.807) is 0 Å². The van der Waals surface area contributed by atoms with E-state index in [9.17, 15) is 21.6 Å². The Kier molecular flexibility index (Phi) is 3.19. The molecule has 0 aromatic rings. The van der Waals surface area contributed by atoms with Crippen molar-refractivity contribution in [2.24, 2.45) is 0 Å². The number of rotatable bonds is 3. The molecule has 0 spiro atoms. The molecule has 2 aliphatic rings. The van der Waals surface area contributed by atoms with E-state index in [1.165, 1.54) is 4.90 Å². The van der Waals surface area contributed by atoms with Gasteiger partial charge >= 0.3 is 0 Å². The van der Waals surface area contributed by atoms with Gasteiger partial charge in [-0.3, -0.25) is 4.79 Å². The van der Waals surface area contributed by atoms with Crippen molar-refractivity contribution >= 4 is 26.1 Å². The molecular weight excluding hydrogens is 266 g/mol. The molecule has 2 unspecified atom stereocenters. The third-order valence-electron chi connectivity index (χ3n) is 3.38. The molecule has 0 saturated carbocycles. The Balaban J connectivity index is 2.11. The van der Waals surface area contributed by atoms with Gasteiger partial charge in [0.2, 0.25) is 6.41 Å². The van der Waals surface area contributed by atoms with Crippen LogP contribution in [0.2, 0.25) is 0 Å². The maximum atomic E-state index is 11.3. The van der Waals surface area contributed by atoms with Crippen LogP contribution in [0, 0.1) is 0 Å². The summed E-state index contributed by atoms with van der Waals surface area (Å²) >= 11 is 0. The Bertz CT molecular complexity index is 466. The van der Waals surface area contributed by atoms with Crippen molar-refractivity contribution in [1.29, 1.82) is 0 Å². The number of carbonyl (C=O) groups excluding carboxylic acids is 1. The lowest BCUT2D eigenvalue weighted by atomic mass is 10.1. The molecule has 0 bridgehead atoms. The van der Waals surface area contributed by atoms with E-state index in [1.807, 2.05) is 0 Å². The van der Waals surface area contributed by atoms with Crippen molar-refractivity contribution in [2.45, 2.75) is 24.9 Å². The largest absolute Gasteiger partial charge is 0.337 e. The van der Waals surface area contributed by atoms with Gasteiger partial charge in [-0.25, -0.2) is 16.8 Å². The van der Waals surface area contributed by atoms with Crippen LogP contribution in [0.1, 0.15) is 12.8 Å². The summed E-state index contributed by atoms with van der Waals surface area (Å²) in [4.78, 5) is 12.4. The molecule has 0 aliphatic carbocycles. The van der Waals surface area contributed by atoms with Crippen LogP contribution in [0.3, 0.4) is 0 Å². The van der Waals surface area contributed by atoms with Gasteiger partial charge in [0.25, 0.3) is 0 Å². The quantitative estimate of drug-likeness (QED) is 0.607. The summed E-state index contributed by atoms with van der Waals surface area (Å²) in [6.07, 6.45) is 1.42. The Morgan fingerprint density at radius 3 is 1.53 bits per heavy atom. The molecule has 2 fully saturated rings. The first-order valence-corrected chi connectivity index (χ1v) is 9.11. The van der Waals surface area contributed by atoms with Crippen molar-refractivity contribution in [3.8, 4) is 0 Å². The summed E-state index contributed by atoms with van der Waals surface area (Å²) in [7, 11) is -6.12. The fourth-order valence-electron chi connectivity index (χ4n) is 2.49. The maximum absolute atomic E-state index is 11.3. The third kappa shape index (κ3) is 2.79. The zero-order chi connectivity index (χ0) is 12.7. The van der Waals surface area contributed by atoms with E-state index in [0.717, 1.165) is 0 Å². The summed E-state index contributed by atoms with van der Waals surface area (Å²) in [6, 6.07) is -0.702. The second-order valence-electron chi connectivity index (χ2n) is 4.67. The molecular formula is C9H15NO5S2. The first kappa shape index (κ1) is 12.8. The smallest absolute Gasteiger partial charge is 0.210 e. The summed E-state index contributed by atoms with van der Waals surface area (Å²) in [5.74, 6) is 0.0908. The second kappa shape index (κ2) is 4.24. The van der Waals surface area contributed by atoms with Crippen LogP contribution in [0.25, 0.3) is 0 Å². The molecule has 2 rings (SSSR count). The molecule has 8 heteroatoms. The summed E-state index contributed by atoms with van der Waals surface area (Å²) in [5.41, 5.74) is 0. The van der Waals surface area contributed by atoms with E-state index in [0.29, 0.717) is 19.3 Å². The molecule has 1 amide bonds. The van der Waals surface area contributed by atoms with Gasteiger partial charge in [0, 0.05) is 12.1 Å². The highest BCUT2D eigenvalue weighted by molar-refractivity contribution is 7.92. The van der Waals surface area contributed by atoms with Gasteiger partial charge in [0.1, 0.15) is 0 Å². The first-order chi connectivity index (χ1) is 7.83. The molecule has 0 radical (unpaired) electrons. The minimum atomic E-state index is -3.06. The zero-order valence-electron chi connectivity index (χ0n) is 9.28. The van der Waals surface area contributed by atoms with Crippen LogP contribution in [0.4, 0.5) is 0 Å². The lowest BCUT2D eigenvalue weighted by Crippen LogP contribution is -2.43. The minimum absolute atomic E-state index is 0.0394. The molecule has 17 heavy (non-hydrogen) atoms. The fourth-order valence-corrected chi connectivity index (χ4v) is 5.94. The molecule has 6 nitrogen and oxygen atoms in total. The Morgan fingerprint density at radius 2 is 1.29 bits per heavy atom. The standard InChI is InChI=1S/C9H15NO5S2/c11-7-10(8-1-3-16(12,13)5-8)9-2-4-17(14,15)6-9/h7-9H,1-6H2. The molecule has 2 aliphatic heterocycles. The van der Waals surface area contributed by atoms with Gasteiger partial charge in [-0.2, -0.15) is 0 Å². The van der Waals surface area contributed by atoms with Crippen LogP contribution in [-0.2, 0) is 24.5 Å². The van der Waals surface area contributed by atoms with Crippen LogP contribution < -0.4 is 0 Å². The molecule has 0 aromatic carbocycles. The van der Waals surface area contributed by atoms with E-state index in [-0.39, 0.29) is 35.1 Å². The zero-order valence-corrected chi connectivity index (χ0v) is 10.9. The fraction of sp³-hybridized carbons (Fsp3) is 0.889. The van der Waals surface area contributed by atoms with Crippen molar-refractivity contribution in [1.82, 2.24) is 4.90 Å². The predicted molar refractivity (Wildman–Crippen MR) is 62.0 cm³/mol. The van der Waals surface area contributed by atoms with Crippen LogP contribution >= 0.6 is 0 Å². The van der Waals surface area contributed by atoms with E-state index >= 15 is 0 Å². The van der Waals surface area contributed by atoms with Gasteiger partial charge in [-0.1, -0.05) is 0 Å². The van der Waals surface area contributed by atoms with Gasteiger partial charge < -0.3 is 4.90 Å². The molecule has 2 saturated heterocycles. The monoisotopic (exact) mass is 281 g/mol. The lowest BCUT2D eigenvalue weighted by molar-refractivity contribution is -0.121. The molecule has 0 N–H and O–H groups in total. The second-order valence-corrected chi connectivity index (χ2v) is 9.12. The van der Waals surface area contributed by atoms with Crippen LogP contribution in [0.15, 0.2) is 0 Å². The number of amides is 1. The van der Waals surface area contributed by atoms with Gasteiger partial charge in [-0.05, 0) is 12.8 Å². The minimum Gasteiger partial charge on any atom is -0.337 e. The van der Waals surface area contributed by atoms with Crippen LogP contribution in [-0.4, -0.2) is 63.2 Å². The normalized spacial score (nSPS) is 34.6. The predicted octanol–water partition coefficient (Wildman–Crippen LogP) is -1.18.